The Balaban J connectivity index is 1.30. The zero-order valence-electron chi connectivity index (χ0n) is 18.2. The minimum Gasteiger partial charge on any atom is -0.371 e. The molecule has 0 atom stereocenters. The maximum atomic E-state index is 14.0. The molecular formula is C23H24F2N8. The van der Waals surface area contributed by atoms with Crippen molar-refractivity contribution in [1.82, 2.24) is 29.7 Å². The molecule has 3 aromatic heterocycles. The van der Waals surface area contributed by atoms with Gasteiger partial charge in [0.2, 0.25) is 5.95 Å². The fourth-order valence-corrected chi connectivity index (χ4v) is 3.99. The molecule has 1 aromatic carbocycles. The van der Waals surface area contributed by atoms with E-state index in [2.05, 4.69) is 37.0 Å². The Bertz CT molecular complexity index is 1280. The van der Waals surface area contributed by atoms with Crippen LogP contribution in [0.25, 0.3) is 5.52 Å². The van der Waals surface area contributed by atoms with E-state index in [1.165, 1.54) is 18.2 Å². The van der Waals surface area contributed by atoms with Gasteiger partial charge in [0.25, 0.3) is 0 Å². The molecule has 2 N–H and O–H groups in total. The van der Waals surface area contributed by atoms with Crippen molar-refractivity contribution in [3.8, 4) is 0 Å². The van der Waals surface area contributed by atoms with Crippen molar-refractivity contribution >= 4 is 23.1 Å². The molecule has 0 amide bonds. The van der Waals surface area contributed by atoms with Crippen molar-refractivity contribution in [2.24, 2.45) is 0 Å². The molecule has 170 valence electrons. The van der Waals surface area contributed by atoms with Crippen molar-refractivity contribution < 1.29 is 8.78 Å². The summed E-state index contributed by atoms with van der Waals surface area (Å²) in [6.45, 7) is 8.63. The fourth-order valence-electron chi connectivity index (χ4n) is 3.99. The van der Waals surface area contributed by atoms with Gasteiger partial charge in [0.05, 0.1) is 0 Å². The molecule has 4 heterocycles. The quantitative estimate of drug-likeness (QED) is 0.467. The zero-order chi connectivity index (χ0) is 22.9. The van der Waals surface area contributed by atoms with Crippen molar-refractivity contribution in [1.29, 1.82) is 0 Å². The summed E-state index contributed by atoms with van der Waals surface area (Å²) in [7, 11) is 0. The topological polar surface area (TPSA) is 77.4 Å². The van der Waals surface area contributed by atoms with E-state index in [4.69, 9.17) is 4.98 Å². The highest BCUT2D eigenvalue weighted by atomic mass is 19.1. The first kappa shape index (κ1) is 20.9. The first-order valence-electron chi connectivity index (χ1n) is 10.7. The molecule has 0 radical (unpaired) electrons. The van der Waals surface area contributed by atoms with Crippen LogP contribution in [-0.4, -0.2) is 55.9 Å². The predicted molar refractivity (Wildman–Crippen MR) is 123 cm³/mol. The lowest BCUT2D eigenvalue weighted by Crippen LogP contribution is -2.46. The number of rotatable bonds is 6. The van der Waals surface area contributed by atoms with Crippen LogP contribution in [-0.2, 0) is 6.42 Å². The number of aryl methyl sites for hydroxylation is 1. The van der Waals surface area contributed by atoms with Gasteiger partial charge in [-0.05, 0) is 31.2 Å². The van der Waals surface area contributed by atoms with Crippen molar-refractivity contribution in [3.05, 3.63) is 77.8 Å². The van der Waals surface area contributed by atoms with E-state index in [9.17, 15) is 8.78 Å². The molecule has 8 nitrogen and oxygen atoms in total. The molecule has 5 rings (SSSR count). The molecular weight excluding hydrogens is 426 g/mol. The molecule has 0 bridgehead atoms. The van der Waals surface area contributed by atoms with E-state index in [1.807, 2.05) is 31.3 Å². The number of fused-ring (bicyclic) bond motifs is 1. The van der Waals surface area contributed by atoms with E-state index in [0.29, 0.717) is 49.5 Å². The number of benzene rings is 1. The highest BCUT2D eigenvalue weighted by Gasteiger charge is 2.23. The lowest BCUT2D eigenvalue weighted by atomic mass is 10.1. The average Bonchev–Trinajstić information content (AvgIpc) is 3.45. The summed E-state index contributed by atoms with van der Waals surface area (Å²) in [6, 6.07) is 9.67. The Hall–Kier alpha value is -3.95. The van der Waals surface area contributed by atoms with Gasteiger partial charge < -0.3 is 15.1 Å². The normalized spacial score (nSPS) is 14.2. The maximum Gasteiger partial charge on any atom is 0.245 e. The van der Waals surface area contributed by atoms with Gasteiger partial charge >= 0.3 is 0 Å². The monoisotopic (exact) mass is 450 g/mol. The predicted octanol–water partition coefficient (Wildman–Crippen LogP) is 3.66. The van der Waals surface area contributed by atoms with Crippen LogP contribution in [0.3, 0.4) is 0 Å². The van der Waals surface area contributed by atoms with E-state index >= 15 is 0 Å². The third-order valence-electron chi connectivity index (χ3n) is 5.78. The molecule has 0 saturated carbocycles. The first-order chi connectivity index (χ1) is 16.0. The second-order valence-corrected chi connectivity index (χ2v) is 8.08. The molecule has 33 heavy (non-hydrogen) atoms. The number of piperazine rings is 1. The summed E-state index contributed by atoms with van der Waals surface area (Å²) in [4.78, 5) is 8.90. The average molecular weight is 450 g/mol. The number of hydrogen-bond donors (Lipinski definition) is 2. The van der Waals surface area contributed by atoms with Gasteiger partial charge in [-0.3, -0.25) is 5.10 Å². The molecule has 1 aliphatic heterocycles. The number of H-pyrrole nitrogens is 1. The Morgan fingerprint density at radius 1 is 1.12 bits per heavy atom. The minimum absolute atomic E-state index is 0.0515. The number of halogens is 2. The van der Waals surface area contributed by atoms with Gasteiger partial charge in [0, 0.05) is 61.8 Å². The first-order valence-corrected chi connectivity index (χ1v) is 10.7. The summed E-state index contributed by atoms with van der Waals surface area (Å²) >= 11 is 0. The van der Waals surface area contributed by atoms with Crippen LogP contribution < -0.4 is 10.2 Å². The smallest absolute Gasteiger partial charge is 0.245 e. The molecule has 4 aromatic rings. The fraction of sp³-hybridized carbons (Fsp3) is 0.261. The van der Waals surface area contributed by atoms with E-state index in [0.717, 1.165) is 11.2 Å². The second kappa shape index (κ2) is 8.53. The second-order valence-electron chi connectivity index (χ2n) is 8.08. The number of nitrogens with one attached hydrogen (secondary N) is 2. The van der Waals surface area contributed by atoms with Gasteiger partial charge in [0.1, 0.15) is 17.2 Å². The Labute approximate surface area is 189 Å². The number of hydrogen-bond acceptors (Lipinski definition) is 6. The van der Waals surface area contributed by atoms with Crippen LogP contribution in [0.5, 0.6) is 0 Å². The van der Waals surface area contributed by atoms with Crippen LogP contribution >= 0.6 is 0 Å². The largest absolute Gasteiger partial charge is 0.371 e. The number of anilines is 3. The van der Waals surface area contributed by atoms with E-state index < -0.39 is 11.6 Å². The number of aromatic amines is 1. The molecule has 0 aliphatic carbocycles. The molecule has 0 spiro atoms. The van der Waals surface area contributed by atoms with Gasteiger partial charge in [-0.2, -0.15) is 10.1 Å². The summed E-state index contributed by atoms with van der Waals surface area (Å²) in [6.07, 6.45) is 2.02. The SMILES string of the molecule is C=C(Cc1c(F)cccc1F)N1CCN(c2nc(Nc3cc(C)[nH]n3)c3cccn3n2)CC1. The van der Waals surface area contributed by atoms with Crippen LogP contribution in [0.4, 0.5) is 26.4 Å². The summed E-state index contributed by atoms with van der Waals surface area (Å²) in [5.41, 5.74) is 2.54. The molecule has 0 unspecified atom stereocenters. The molecule has 10 heteroatoms. The molecule has 1 saturated heterocycles. The third-order valence-corrected chi connectivity index (χ3v) is 5.78. The summed E-state index contributed by atoms with van der Waals surface area (Å²) in [5, 5.41) is 15.1. The Morgan fingerprint density at radius 2 is 1.88 bits per heavy atom. The molecule has 1 fully saturated rings. The summed E-state index contributed by atoms with van der Waals surface area (Å²) < 4.78 is 29.8. The maximum absolute atomic E-state index is 14.0. The van der Waals surface area contributed by atoms with Crippen LogP contribution in [0.1, 0.15) is 11.3 Å². The van der Waals surface area contributed by atoms with E-state index in [1.54, 1.807) is 4.52 Å². The van der Waals surface area contributed by atoms with Crippen LogP contribution in [0.15, 0.2) is 54.9 Å². The van der Waals surface area contributed by atoms with Crippen molar-refractivity contribution in [2.45, 2.75) is 13.3 Å². The Morgan fingerprint density at radius 3 is 2.58 bits per heavy atom. The minimum atomic E-state index is -0.546. The highest BCUT2D eigenvalue weighted by molar-refractivity contribution is 5.73. The van der Waals surface area contributed by atoms with E-state index in [-0.39, 0.29) is 12.0 Å². The summed E-state index contributed by atoms with van der Waals surface area (Å²) in [5.74, 6) is 0.852. The lowest BCUT2D eigenvalue weighted by molar-refractivity contribution is 0.313. The van der Waals surface area contributed by atoms with Crippen molar-refractivity contribution in [3.63, 3.8) is 0 Å². The standard InChI is InChI=1S/C23H24F2N8/c1-15-13-21(29-28-15)26-22-20-7-4-8-33(20)30-23(27-22)32-11-9-31(10-12-32)16(2)14-17-18(24)5-3-6-19(17)25/h3-8,13H,2,9-12,14H2,1H3,(H2,26,27,28,29,30). The van der Waals surface area contributed by atoms with Crippen LogP contribution in [0, 0.1) is 18.6 Å². The van der Waals surface area contributed by atoms with Gasteiger partial charge in [-0.25, -0.2) is 13.3 Å². The lowest BCUT2D eigenvalue weighted by Gasteiger charge is -2.37. The van der Waals surface area contributed by atoms with Gasteiger partial charge in [-0.1, -0.05) is 12.6 Å². The molecule has 1 aliphatic rings. The number of allylic oxidation sites excluding steroid dienone is 1. The highest BCUT2D eigenvalue weighted by Crippen LogP contribution is 2.24. The van der Waals surface area contributed by atoms with Gasteiger partial charge in [-0.15, -0.1) is 5.10 Å². The Kier molecular flexibility index (Phi) is 5.41. The number of aromatic nitrogens is 5. The van der Waals surface area contributed by atoms with Gasteiger partial charge in [0.15, 0.2) is 11.6 Å². The third kappa shape index (κ3) is 4.23. The van der Waals surface area contributed by atoms with Crippen LogP contribution in [0.2, 0.25) is 0 Å². The van der Waals surface area contributed by atoms with Crippen molar-refractivity contribution in [2.75, 3.05) is 36.4 Å². The zero-order valence-corrected chi connectivity index (χ0v) is 18.2. The number of nitrogens with zero attached hydrogens (tertiary/aromatic N) is 6.